The van der Waals surface area contributed by atoms with Gasteiger partial charge in [0.05, 0.1) is 4.47 Å². The van der Waals surface area contributed by atoms with Gasteiger partial charge in [-0.2, -0.15) is 0 Å². The second-order valence-electron chi connectivity index (χ2n) is 4.82. The molecule has 3 rings (SSSR count). The van der Waals surface area contributed by atoms with E-state index in [2.05, 4.69) is 21.2 Å². The molecule has 5 heteroatoms. The van der Waals surface area contributed by atoms with Crippen LogP contribution in [0.15, 0.2) is 59.1 Å². The van der Waals surface area contributed by atoms with E-state index >= 15 is 0 Å². The first kappa shape index (κ1) is 15.1. The minimum Gasteiger partial charge on any atom is -0.441 e. The van der Waals surface area contributed by atoms with Crippen LogP contribution < -0.4 is 5.32 Å². The molecule has 3 aromatic rings. The maximum atomic E-state index is 12.1. The Balaban J connectivity index is 1.72. The lowest BCUT2D eigenvalue weighted by atomic mass is 10.1. The van der Waals surface area contributed by atoms with Crippen LogP contribution in [0.3, 0.4) is 0 Å². The predicted molar refractivity (Wildman–Crippen MR) is 94.5 cm³/mol. The zero-order valence-electron chi connectivity index (χ0n) is 11.9. The molecule has 1 N–H and O–H groups in total. The fourth-order valence-corrected chi connectivity index (χ4v) is 3.97. The average molecular weight is 376 g/mol. The summed E-state index contributed by atoms with van der Waals surface area (Å²) in [6, 6.07) is 17.6. The molecule has 0 radical (unpaired) electrons. The van der Waals surface area contributed by atoms with Crippen molar-refractivity contribution < 1.29 is 9.53 Å². The number of carbonyl (C=O) groups excluding carboxylic acids is 1. The summed E-state index contributed by atoms with van der Waals surface area (Å²) in [5, 5.41) is 4.65. The minimum atomic E-state index is -0.455. The summed E-state index contributed by atoms with van der Waals surface area (Å²) in [5.74, 6) is 0. The van der Waals surface area contributed by atoms with Crippen molar-refractivity contribution in [2.24, 2.45) is 0 Å². The fourth-order valence-electron chi connectivity index (χ4n) is 2.17. The van der Waals surface area contributed by atoms with Gasteiger partial charge in [0.2, 0.25) is 0 Å². The van der Waals surface area contributed by atoms with Gasteiger partial charge in [-0.3, -0.25) is 5.32 Å². The maximum absolute atomic E-state index is 12.1. The van der Waals surface area contributed by atoms with Gasteiger partial charge in [0.25, 0.3) is 0 Å². The van der Waals surface area contributed by atoms with Gasteiger partial charge >= 0.3 is 6.09 Å². The predicted octanol–water partition coefficient (Wildman–Crippen LogP) is 5.97. The molecular weight excluding hydrogens is 362 g/mol. The molecule has 3 nitrogen and oxygen atoms in total. The third-order valence-corrected chi connectivity index (χ3v) is 5.48. The van der Waals surface area contributed by atoms with E-state index in [9.17, 15) is 4.79 Å². The van der Waals surface area contributed by atoms with E-state index < -0.39 is 6.09 Å². The Hall–Kier alpha value is -1.85. The van der Waals surface area contributed by atoms with Gasteiger partial charge in [-0.25, -0.2) is 4.79 Å². The Bertz CT molecular complexity index is 801. The van der Waals surface area contributed by atoms with Crippen molar-refractivity contribution in [3.8, 4) is 0 Å². The highest BCUT2D eigenvalue weighted by molar-refractivity contribution is 9.10. The molecule has 1 heterocycles. The van der Waals surface area contributed by atoms with Crippen molar-refractivity contribution in [1.29, 1.82) is 0 Å². The number of hydrogen-bond acceptors (Lipinski definition) is 3. The lowest BCUT2D eigenvalue weighted by Crippen LogP contribution is -2.15. The number of nitrogens with one attached hydrogen (secondary N) is 1. The summed E-state index contributed by atoms with van der Waals surface area (Å²) in [5.41, 5.74) is 0.966. The van der Waals surface area contributed by atoms with Gasteiger partial charge in [0.1, 0.15) is 11.1 Å². The topological polar surface area (TPSA) is 38.3 Å². The van der Waals surface area contributed by atoms with Crippen molar-refractivity contribution in [3.05, 3.63) is 64.6 Å². The number of hydrogen-bond donors (Lipinski definition) is 1. The molecular formula is C17H14BrNO2S. The number of carbonyl (C=O) groups is 1. The van der Waals surface area contributed by atoms with E-state index in [0.29, 0.717) is 0 Å². The monoisotopic (exact) mass is 375 g/mol. The summed E-state index contributed by atoms with van der Waals surface area (Å²) < 4.78 is 7.43. The Morgan fingerprint density at radius 3 is 2.55 bits per heavy atom. The normalized spacial score (nSPS) is 12.1. The van der Waals surface area contributed by atoms with Crippen LogP contribution in [0.1, 0.15) is 18.6 Å². The van der Waals surface area contributed by atoms with Crippen LogP contribution in [0.5, 0.6) is 0 Å². The molecule has 2 aromatic carbocycles. The van der Waals surface area contributed by atoms with Gasteiger partial charge in [-0.05, 0) is 34.5 Å². The smallest absolute Gasteiger partial charge is 0.412 e. The van der Waals surface area contributed by atoms with E-state index in [4.69, 9.17) is 4.74 Å². The quantitative estimate of drug-likeness (QED) is 0.611. The molecule has 1 aromatic heterocycles. The number of thiophene rings is 1. The van der Waals surface area contributed by atoms with E-state index in [1.807, 2.05) is 61.5 Å². The summed E-state index contributed by atoms with van der Waals surface area (Å²) in [7, 11) is 0. The molecule has 0 fully saturated rings. The first-order valence-electron chi connectivity index (χ1n) is 6.85. The Morgan fingerprint density at radius 2 is 1.82 bits per heavy atom. The fraction of sp³-hybridized carbons (Fsp3) is 0.118. The van der Waals surface area contributed by atoms with Gasteiger partial charge < -0.3 is 4.74 Å². The van der Waals surface area contributed by atoms with E-state index in [1.54, 1.807) is 0 Å². The molecule has 1 atom stereocenters. The maximum Gasteiger partial charge on any atom is 0.412 e. The van der Waals surface area contributed by atoms with Crippen molar-refractivity contribution in [2.75, 3.05) is 5.32 Å². The molecule has 0 saturated carbocycles. The molecule has 0 aliphatic carbocycles. The Kier molecular flexibility index (Phi) is 4.45. The third-order valence-electron chi connectivity index (χ3n) is 3.30. The van der Waals surface area contributed by atoms with Gasteiger partial charge in [0.15, 0.2) is 0 Å². The number of halogens is 1. The molecule has 0 unspecified atom stereocenters. The molecule has 112 valence electrons. The van der Waals surface area contributed by atoms with Crippen molar-refractivity contribution >= 4 is 48.4 Å². The number of fused-ring (bicyclic) bond motifs is 1. The number of benzene rings is 2. The van der Waals surface area contributed by atoms with Gasteiger partial charge in [0, 0.05) is 10.1 Å². The largest absolute Gasteiger partial charge is 0.441 e. The zero-order chi connectivity index (χ0) is 15.5. The standard InChI is InChI=1S/C17H14BrNO2S/c1-11(12-7-3-2-4-8-12)21-17(20)19-16-15(18)13-9-5-6-10-14(13)22-16/h2-11H,1H3,(H,19,20)/t11-/m1/s1. The van der Waals surface area contributed by atoms with Crippen molar-refractivity contribution in [3.63, 3.8) is 0 Å². The Labute approximate surface area is 141 Å². The highest BCUT2D eigenvalue weighted by Crippen LogP contribution is 2.39. The summed E-state index contributed by atoms with van der Waals surface area (Å²) in [6.07, 6.45) is -0.752. The van der Waals surface area contributed by atoms with Crippen LogP contribution in [0.2, 0.25) is 0 Å². The molecule has 0 bridgehead atoms. The number of anilines is 1. The molecule has 0 spiro atoms. The zero-order valence-corrected chi connectivity index (χ0v) is 14.3. The molecule has 0 aliphatic rings. The summed E-state index contributed by atoms with van der Waals surface area (Å²) in [6.45, 7) is 1.86. The number of ether oxygens (including phenoxy) is 1. The number of rotatable bonds is 3. The molecule has 0 aliphatic heterocycles. The van der Waals surface area contributed by atoms with Crippen LogP contribution >= 0.6 is 27.3 Å². The van der Waals surface area contributed by atoms with Crippen molar-refractivity contribution in [2.45, 2.75) is 13.0 Å². The van der Waals surface area contributed by atoms with Crippen LogP contribution in [-0.2, 0) is 4.74 Å². The number of amides is 1. The first-order valence-corrected chi connectivity index (χ1v) is 8.45. The van der Waals surface area contributed by atoms with Crippen molar-refractivity contribution in [1.82, 2.24) is 0 Å². The lowest BCUT2D eigenvalue weighted by Gasteiger charge is -2.13. The second-order valence-corrected chi connectivity index (χ2v) is 6.67. The summed E-state index contributed by atoms with van der Waals surface area (Å²) in [4.78, 5) is 12.1. The average Bonchev–Trinajstić information content (AvgIpc) is 2.84. The highest BCUT2D eigenvalue weighted by Gasteiger charge is 2.15. The Morgan fingerprint density at radius 1 is 1.14 bits per heavy atom. The molecule has 0 saturated heterocycles. The first-order chi connectivity index (χ1) is 10.6. The van der Waals surface area contributed by atoms with E-state index in [-0.39, 0.29) is 6.10 Å². The molecule has 22 heavy (non-hydrogen) atoms. The molecule has 1 amide bonds. The highest BCUT2D eigenvalue weighted by atomic mass is 79.9. The summed E-state index contributed by atoms with van der Waals surface area (Å²) >= 11 is 5.05. The van der Waals surface area contributed by atoms with Crippen LogP contribution in [-0.4, -0.2) is 6.09 Å². The van der Waals surface area contributed by atoms with E-state index in [0.717, 1.165) is 25.1 Å². The van der Waals surface area contributed by atoms with Crippen LogP contribution in [0, 0.1) is 0 Å². The van der Waals surface area contributed by atoms with Gasteiger partial charge in [-0.1, -0.05) is 48.5 Å². The SMILES string of the molecule is C[C@@H](OC(=O)Nc1sc2ccccc2c1Br)c1ccccc1. The minimum absolute atomic E-state index is 0.297. The second kappa shape index (κ2) is 6.50. The van der Waals surface area contributed by atoms with Crippen LogP contribution in [0.4, 0.5) is 9.80 Å². The van der Waals surface area contributed by atoms with Crippen LogP contribution in [0.25, 0.3) is 10.1 Å². The third kappa shape index (κ3) is 3.15. The van der Waals surface area contributed by atoms with Gasteiger partial charge in [-0.15, -0.1) is 11.3 Å². The van der Waals surface area contributed by atoms with E-state index in [1.165, 1.54) is 11.3 Å². The lowest BCUT2D eigenvalue weighted by molar-refractivity contribution is 0.121.